The fourth-order valence-corrected chi connectivity index (χ4v) is 2.00. The molecule has 2 rings (SSSR count). The number of halogens is 2. The van der Waals surface area contributed by atoms with Crippen LogP contribution >= 0.6 is 23.2 Å². The van der Waals surface area contributed by atoms with Crippen molar-refractivity contribution in [3.8, 4) is 0 Å². The first-order valence-corrected chi connectivity index (χ1v) is 6.13. The molecule has 0 radical (unpaired) electrons. The van der Waals surface area contributed by atoms with Gasteiger partial charge in [0.05, 0.1) is 18.4 Å². The number of hydrogen-bond acceptors (Lipinski definition) is 5. The maximum atomic E-state index is 5.90. The SMILES string of the molecule is CN1CCOC(CNc2cc(Cl)nnc2Cl)C1. The smallest absolute Gasteiger partial charge is 0.174 e. The van der Waals surface area contributed by atoms with Gasteiger partial charge in [0, 0.05) is 25.7 Å². The fourth-order valence-electron chi connectivity index (χ4n) is 1.69. The monoisotopic (exact) mass is 276 g/mol. The number of anilines is 1. The van der Waals surface area contributed by atoms with E-state index >= 15 is 0 Å². The number of rotatable bonds is 3. The zero-order chi connectivity index (χ0) is 12.3. The highest BCUT2D eigenvalue weighted by Gasteiger charge is 2.17. The molecule has 1 atom stereocenters. The maximum Gasteiger partial charge on any atom is 0.174 e. The van der Waals surface area contributed by atoms with Crippen LogP contribution in [0.1, 0.15) is 0 Å². The Hall–Kier alpha value is -0.620. The van der Waals surface area contributed by atoms with Crippen molar-refractivity contribution in [3.63, 3.8) is 0 Å². The van der Waals surface area contributed by atoms with E-state index in [1.807, 2.05) is 0 Å². The van der Waals surface area contributed by atoms with Gasteiger partial charge in [-0.05, 0) is 7.05 Å². The van der Waals surface area contributed by atoms with Crippen molar-refractivity contribution in [2.75, 3.05) is 38.6 Å². The maximum absolute atomic E-state index is 5.90. The molecule has 17 heavy (non-hydrogen) atoms. The van der Waals surface area contributed by atoms with Crippen LogP contribution in [-0.2, 0) is 4.74 Å². The molecule has 0 aliphatic carbocycles. The molecule has 0 aromatic carbocycles. The molecule has 1 fully saturated rings. The molecule has 1 N–H and O–H groups in total. The normalized spacial score (nSPS) is 21.5. The van der Waals surface area contributed by atoms with Crippen LogP contribution in [0.4, 0.5) is 5.69 Å². The van der Waals surface area contributed by atoms with Gasteiger partial charge >= 0.3 is 0 Å². The average molecular weight is 277 g/mol. The minimum absolute atomic E-state index is 0.150. The summed E-state index contributed by atoms with van der Waals surface area (Å²) in [5, 5.41) is 11.2. The summed E-state index contributed by atoms with van der Waals surface area (Å²) < 4.78 is 5.62. The Morgan fingerprint density at radius 2 is 2.35 bits per heavy atom. The molecule has 0 saturated carbocycles. The number of ether oxygens (including phenoxy) is 1. The van der Waals surface area contributed by atoms with Gasteiger partial charge in [0.15, 0.2) is 10.3 Å². The van der Waals surface area contributed by atoms with Crippen molar-refractivity contribution < 1.29 is 4.74 Å². The van der Waals surface area contributed by atoms with Crippen LogP contribution in [0.5, 0.6) is 0 Å². The molecule has 0 amide bonds. The number of morpholine rings is 1. The van der Waals surface area contributed by atoms with E-state index in [0.29, 0.717) is 22.5 Å². The Bertz CT molecular complexity index is 391. The molecule has 2 heterocycles. The zero-order valence-corrected chi connectivity index (χ0v) is 11.0. The van der Waals surface area contributed by atoms with Crippen molar-refractivity contribution in [1.82, 2.24) is 15.1 Å². The van der Waals surface area contributed by atoms with Crippen LogP contribution < -0.4 is 5.32 Å². The lowest BCUT2D eigenvalue weighted by atomic mass is 10.3. The summed E-state index contributed by atoms with van der Waals surface area (Å²) in [4.78, 5) is 2.23. The minimum Gasteiger partial charge on any atom is -0.380 e. The Morgan fingerprint density at radius 1 is 1.53 bits per heavy atom. The van der Waals surface area contributed by atoms with Crippen LogP contribution in [0.15, 0.2) is 6.07 Å². The highest BCUT2D eigenvalue weighted by atomic mass is 35.5. The Labute approximate surface area is 110 Å². The Balaban J connectivity index is 1.90. The molecule has 1 aliphatic rings. The van der Waals surface area contributed by atoms with Crippen LogP contribution in [0.2, 0.25) is 10.3 Å². The molecule has 0 spiro atoms. The first kappa shape index (κ1) is 12.8. The predicted octanol–water partition coefficient (Wildman–Crippen LogP) is 1.53. The van der Waals surface area contributed by atoms with Gasteiger partial charge < -0.3 is 15.0 Å². The van der Waals surface area contributed by atoms with E-state index in [1.165, 1.54) is 0 Å². The van der Waals surface area contributed by atoms with E-state index in [1.54, 1.807) is 6.07 Å². The average Bonchev–Trinajstić information content (AvgIpc) is 2.30. The summed E-state index contributed by atoms with van der Waals surface area (Å²) in [6.45, 7) is 3.30. The second kappa shape index (κ2) is 5.82. The molecule has 1 aliphatic heterocycles. The van der Waals surface area contributed by atoms with Crippen molar-refractivity contribution in [3.05, 3.63) is 16.4 Å². The molecule has 94 valence electrons. The third-order valence-corrected chi connectivity index (χ3v) is 3.04. The molecule has 1 saturated heterocycles. The highest BCUT2D eigenvalue weighted by molar-refractivity contribution is 6.33. The molecular weight excluding hydrogens is 263 g/mol. The minimum atomic E-state index is 0.150. The van der Waals surface area contributed by atoms with Crippen LogP contribution in [-0.4, -0.2) is 54.5 Å². The molecule has 1 aromatic heterocycles. The first-order valence-electron chi connectivity index (χ1n) is 5.38. The Morgan fingerprint density at radius 3 is 3.12 bits per heavy atom. The topological polar surface area (TPSA) is 50.3 Å². The summed E-state index contributed by atoms with van der Waals surface area (Å²) in [7, 11) is 2.08. The molecule has 1 unspecified atom stereocenters. The van der Waals surface area contributed by atoms with Gasteiger partial charge in [0.2, 0.25) is 0 Å². The fraction of sp³-hybridized carbons (Fsp3) is 0.600. The summed E-state index contributed by atoms with van der Waals surface area (Å²) in [5.41, 5.74) is 0.684. The standard InChI is InChI=1S/C10H14Cl2N4O/c1-16-2-3-17-7(6-16)5-13-8-4-9(11)14-15-10(8)12/h4,7H,2-3,5-6H2,1H3,(H,13,14). The Kier molecular flexibility index (Phi) is 4.39. The van der Waals surface area contributed by atoms with E-state index in [-0.39, 0.29) is 6.10 Å². The quantitative estimate of drug-likeness (QED) is 0.908. The van der Waals surface area contributed by atoms with Crippen LogP contribution in [0, 0.1) is 0 Å². The largest absolute Gasteiger partial charge is 0.380 e. The molecule has 0 bridgehead atoms. The zero-order valence-electron chi connectivity index (χ0n) is 9.49. The number of likely N-dealkylation sites (N-methyl/N-ethyl adjacent to an activating group) is 1. The number of nitrogens with one attached hydrogen (secondary N) is 1. The van der Waals surface area contributed by atoms with Crippen molar-refractivity contribution >= 4 is 28.9 Å². The van der Waals surface area contributed by atoms with E-state index in [2.05, 4.69) is 27.5 Å². The lowest BCUT2D eigenvalue weighted by Gasteiger charge is -2.30. The van der Waals surface area contributed by atoms with E-state index in [4.69, 9.17) is 27.9 Å². The highest BCUT2D eigenvalue weighted by Crippen LogP contribution is 2.20. The lowest BCUT2D eigenvalue weighted by Crippen LogP contribution is -2.43. The van der Waals surface area contributed by atoms with Crippen LogP contribution in [0.3, 0.4) is 0 Å². The van der Waals surface area contributed by atoms with Gasteiger partial charge in [0.1, 0.15) is 0 Å². The van der Waals surface area contributed by atoms with Gasteiger partial charge in [-0.15, -0.1) is 10.2 Å². The third-order valence-electron chi connectivity index (χ3n) is 2.58. The van der Waals surface area contributed by atoms with E-state index in [0.717, 1.165) is 19.7 Å². The predicted molar refractivity (Wildman–Crippen MR) is 67.8 cm³/mol. The van der Waals surface area contributed by atoms with Crippen molar-refractivity contribution in [2.24, 2.45) is 0 Å². The molecular formula is C10H14Cl2N4O. The van der Waals surface area contributed by atoms with E-state index < -0.39 is 0 Å². The molecule has 7 heteroatoms. The second-order valence-electron chi connectivity index (χ2n) is 4.01. The van der Waals surface area contributed by atoms with Gasteiger partial charge in [-0.3, -0.25) is 0 Å². The third kappa shape index (κ3) is 3.67. The van der Waals surface area contributed by atoms with Crippen molar-refractivity contribution in [1.29, 1.82) is 0 Å². The summed E-state index contributed by atoms with van der Waals surface area (Å²) in [6.07, 6.45) is 0.150. The summed E-state index contributed by atoms with van der Waals surface area (Å²) in [6, 6.07) is 1.66. The lowest BCUT2D eigenvalue weighted by molar-refractivity contribution is -0.0117. The van der Waals surface area contributed by atoms with Gasteiger partial charge in [-0.2, -0.15) is 0 Å². The van der Waals surface area contributed by atoms with Crippen LogP contribution in [0.25, 0.3) is 0 Å². The number of nitrogens with zero attached hydrogens (tertiary/aromatic N) is 3. The van der Waals surface area contributed by atoms with Gasteiger partial charge in [-0.25, -0.2) is 0 Å². The second-order valence-corrected chi connectivity index (χ2v) is 4.75. The first-order chi connectivity index (χ1) is 8.15. The summed E-state index contributed by atoms with van der Waals surface area (Å²) >= 11 is 11.6. The number of hydrogen-bond donors (Lipinski definition) is 1. The van der Waals surface area contributed by atoms with Crippen molar-refractivity contribution in [2.45, 2.75) is 6.10 Å². The van der Waals surface area contributed by atoms with Gasteiger partial charge in [0.25, 0.3) is 0 Å². The molecule has 1 aromatic rings. The van der Waals surface area contributed by atoms with Gasteiger partial charge in [-0.1, -0.05) is 23.2 Å². The van der Waals surface area contributed by atoms with E-state index in [9.17, 15) is 0 Å². The molecule has 5 nitrogen and oxygen atoms in total. The summed E-state index contributed by atoms with van der Waals surface area (Å²) in [5.74, 6) is 0. The number of aromatic nitrogens is 2.